The Kier molecular flexibility index (Phi) is 4.45. The molecule has 1 N–H and O–H groups in total. The molecule has 8 heteroatoms. The molecule has 2 aliphatic heterocycles. The molecule has 0 atom stereocenters. The number of nitrogens with zero attached hydrogens (tertiary/aromatic N) is 1. The second kappa shape index (κ2) is 6.92. The van der Waals surface area contributed by atoms with Gasteiger partial charge in [0.2, 0.25) is 5.91 Å². The van der Waals surface area contributed by atoms with Crippen LogP contribution in [0.3, 0.4) is 0 Å². The maximum Gasteiger partial charge on any atom is 0.261 e. The van der Waals surface area contributed by atoms with Gasteiger partial charge in [0.15, 0.2) is 11.5 Å². The fourth-order valence-electron chi connectivity index (χ4n) is 3.03. The highest BCUT2D eigenvalue weighted by Crippen LogP contribution is 2.38. The second-order valence-electron chi connectivity index (χ2n) is 6.08. The van der Waals surface area contributed by atoms with E-state index in [1.54, 1.807) is 36.4 Å². The summed E-state index contributed by atoms with van der Waals surface area (Å²) >= 11 is 6.17. The van der Waals surface area contributed by atoms with E-state index in [0.29, 0.717) is 46.5 Å². The van der Waals surface area contributed by atoms with Crippen LogP contribution >= 0.6 is 11.6 Å². The van der Waals surface area contributed by atoms with Crippen molar-refractivity contribution in [2.75, 3.05) is 25.1 Å². The minimum Gasteiger partial charge on any atom is -0.486 e. The van der Waals surface area contributed by atoms with E-state index in [1.807, 2.05) is 0 Å². The molecule has 2 aromatic rings. The molecule has 7 nitrogen and oxygen atoms in total. The summed E-state index contributed by atoms with van der Waals surface area (Å²) in [6.45, 7) is 0.845. The number of nitrogens with one attached hydrogen (secondary N) is 1. The van der Waals surface area contributed by atoms with E-state index >= 15 is 0 Å². The number of ether oxygens (including phenoxy) is 2. The molecule has 2 heterocycles. The average molecular weight is 387 g/mol. The van der Waals surface area contributed by atoms with Crippen LogP contribution in [-0.4, -0.2) is 42.4 Å². The van der Waals surface area contributed by atoms with Crippen molar-refractivity contribution in [1.29, 1.82) is 0 Å². The van der Waals surface area contributed by atoms with E-state index in [1.165, 1.54) is 0 Å². The third-order valence-electron chi connectivity index (χ3n) is 4.35. The summed E-state index contributed by atoms with van der Waals surface area (Å²) in [5.74, 6) is -0.122. The first-order chi connectivity index (χ1) is 13.0. The topological polar surface area (TPSA) is 84.9 Å². The van der Waals surface area contributed by atoms with Gasteiger partial charge in [0.25, 0.3) is 11.8 Å². The number of benzene rings is 2. The van der Waals surface area contributed by atoms with Crippen molar-refractivity contribution in [3.8, 4) is 11.5 Å². The Morgan fingerprint density at radius 1 is 1.04 bits per heavy atom. The molecule has 0 unspecified atom stereocenters. The lowest BCUT2D eigenvalue weighted by Crippen LogP contribution is -2.32. The smallest absolute Gasteiger partial charge is 0.261 e. The van der Waals surface area contributed by atoms with Crippen molar-refractivity contribution < 1.29 is 23.9 Å². The highest BCUT2D eigenvalue weighted by Gasteiger charge is 2.35. The first-order valence-electron chi connectivity index (χ1n) is 8.39. The Bertz CT molecular complexity index is 924. The second-order valence-corrected chi connectivity index (χ2v) is 6.49. The van der Waals surface area contributed by atoms with Crippen molar-refractivity contribution >= 4 is 35.0 Å². The van der Waals surface area contributed by atoms with E-state index < -0.39 is 0 Å². The van der Waals surface area contributed by atoms with Gasteiger partial charge in [0, 0.05) is 25.1 Å². The number of amides is 3. The molecule has 27 heavy (non-hydrogen) atoms. The molecule has 0 radical (unpaired) electrons. The summed E-state index contributed by atoms with van der Waals surface area (Å²) in [7, 11) is 0. The van der Waals surface area contributed by atoms with Crippen LogP contribution in [0.25, 0.3) is 0 Å². The summed E-state index contributed by atoms with van der Waals surface area (Å²) in [4.78, 5) is 38.0. The molecule has 0 saturated carbocycles. The van der Waals surface area contributed by atoms with Crippen LogP contribution in [0, 0.1) is 0 Å². The van der Waals surface area contributed by atoms with Crippen LogP contribution in [0.2, 0.25) is 5.02 Å². The van der Waals surface area contributed by atoms with Gasteiger partial charge in [-0.05, 0) is 12.1 Å². The highest BCUT2D eigenvalue weighted by atomic mass is 35.5. The monoisotopic (exact) mass is 386 g/mol. The molecule has 0 fully saturated rings. The molecule has 0 saturated heterocycles. The molecule has 138 valence electrons. The first-order valence-corrected chi connectivity index (χ1v) is 8.76. The standard InChI is InChI=1S/C19H15ClN2O5/c20-13-9-15-16(27-8-7-26-15)10-14(13)21-17(23)5-6-22-18(24)11-3-1-2-4-12(11)19(22)25/h1-4,9-10H,5-8H2,(H,21,23). The van der Waals surface area contributed by atoms with Crippen molar-refractivity contribution in [3.05, 3.63) is 52.5 Å². The Morgan fingerprint density at radius 3 is 2.26 bits per heavy atom. The SMILES string of the molecule is O=C(CCN1C(=O)c2ccccc2C1=O)Nc1cc2c(cc1Cl)OCCO2. The molecule has 4 rings (SSSR count). The van der Waals surface area contributed by atoms with E-state index in [9.17, 15) is 14.4 Å². The summed E-state index contributed by atoms with van der Waals surface area (Å²) in [6, 6.07) is 9.77. The van der Waals surface area contributed by atoms with Gasteiger partial charge < -0.3 is 14.8 Å². The van der Waals surface area contributed by atoms with Crippen molar-refractivity contribution in [3.63, 3.8) is 0 Å². The van der Waals surface area contributed by atoms with Gasteiger partial charge in [-0.2, -0.15) is 0 Å². The summed E-state index contributed by atoms with van der Waals surface area (Å²) in [5.41, 5.74) is 1.10. The van der Waals surface area contributed by atoms with E-state index in [4.69, 9.17) is 21.1 Å². The summed E-state index contributed by atoms with van der Waals surface area (Å²) < 4.78 is 10.9. The zero-order valence-corrected chi connectivity index (χ0v) is 14.9. The molecule has 0 bridgehead atoms. The third-order valence-corrected chi connectivity index (χ3v) is 4.66. The van der Waals surface area contributed by atoms with Gasteiger partial charge in [0.05, 0.1) is 21.8 Å². The summed E-state index contributed by atoms with van der Waals surface area (Å²) in [5, 5.41) is 2.99. The maximum atomic E-state index is 12.3. The minimum absolute atomic E-state index is 0.0135. The average Bonchev–Trinajstić information content (AvgIpc) is 2.91. The van der Waals surface area contributed by atoms with Crippen molar-refractivity contribution in [2.24, 2.45) is 0 Å². The van der Waals surface area contributed by atoms with Crippen LogP contribution in [0.15, 0.2) is 36.4 Å². The van der Waals surface area contributed by atoms with Crippen LogP contribution in [-0.2, 0) is 4.79 Å². The number of fused-ring (bicyclic) bond motifs is 2. The third kappa shape index (κ3) is 3.21. The van der Waals surface area contributed by atoms with Gasteiger partial charge in [-0.1, -0.05) is 23.7 Å². The molecular formula is C19H15ClN2O5. The van der Waals surface area contributed by atoms with Crippen molar-refractivity contribution in [2.45, 2.75) is 6.42 Å². The Labute approximate surface area is 159 Å². The Hall–Kier alpha value is -3.06. The molecule has 0 spiro atoms. The zero-order chi connectivity index (χ0) is 19.0. The number of carbonyl (C=O) groups excluding carboxylic acids is 3. The number of carbonyl (C=O) groups is 3. The lowest BCUT2D eigenvalue weighted by molar-refractivity contribution is -0.116. The molecule has 2 aromatic carbocycles. The van der Waals surface area contributed by atoms with E-state index in [0.717, 1.165) is 4.90 Å². The number of halogens is 1. The maximum absolute atomic E-state index is 12.3. The van der Waals surface area contributed by atoms with Crippen LogP contribution in [0.1, 0.15) is 27.1 Å². The van der Waals surface area contributed by atoms with Gasteiger partial charge in [-0.25, -0.2) is 0 Å². The van der Waals surface area contributed by atoms with E-state index in [-0.39, 0.29) is 30.7 Å². The first kappa shape index (κ1) is 17.4. The largest absolute Gasteiger partial charge is 0.486 e. The fourth-order valence-corrected chi connectivity index (χ4v) is 3.23. The van der Waals surface area contributed by atoms with Gasteiger partial charge in [-0.3, -0.25) is 19.3 Å². The van der Waals surface area contributed by atoms with Crippen LogP contribution in [0.5, 0.6) is 11.5 Å². The number of hydrogen-bond donors (Lipinski definition) is 1. The number of anilines is 1. The predicted octanol–water partition coefficient (Wildman–Crippen LogP) is 2.74. The van der Waals surface area contributed by atoms with Gasteiger partial charge >= 0.3 is 0 Å². The molecule has 0 aromatic heterocycles. The Morgan fingerprint density at radius 2 is 1.63 bits per heavy atom. The number of rotatable bonds is 4. The predicted molar refractivity (Wildman–Crippen MR) is 97.5 cm³/mol. The number of hydrogen-bond acceptors (Lipinski definition) is 5. The fraction of sp³-hybridized carbons (Fsp3) is 0.211. The molecular weight excluding hydrogens is 372 g/mol. The zero-order valence-electron chi connectivity index (χ0n) is 14.2. The normalized spacial score (nSPS) is 14.9. The van der Waals surface area contributed by atoms with Crippen LogP contribution < -0.4 is 14.8 Å². The van der Waals surface area contributed by atoms with Gasteiger partial charge in [0.1, 0.15) is 13.2 Å². The Balaban J connectivity index is 1.41. The molecule has 3 amide bonds. The highest BCUT2D eigenvalue weighted by molar-refractivity contribution is 6.34. The van der Waals surface area contributed by atoms with Crippen LogP contribution in [0.4, 0.5) is 5.69 Å². The number of imide groups is 1. The lowest BCUT2D eigenvalue weighted by atomic mass is 10.1. The van der Waals surface area contributed by atoms with Gasteiger partial charge in [-0.15, -0.1) is 0 Å². The lowest BCUT2D eigenvalue weighted by Gasteiger charge is -2.20. The van der Waals surface area contributed by atoms with E-state index in [2.05, 4.69) is 5.32 Å². The quantitative estimate of drug-likeness (QED) is 0.817. The molecule has 2 aliphatic rings. The summed E-state index contributed by atoms with van der Waals surface area (Å²) in [6.07, 6.45) is -0.0454. The molecule has 0 aliphatic carbocycles. The van der Waals surface area contributed by atoms with Crippen molar-refractivity contribution in [1.82, 2.24) is 4.90 Å². The minimum atomic E-state index is -0.388.